The zero-order chi connectivity index (χ0) is 14.3. The number of hydrogen-bond donors (Lipinski definition) is 2. The molecule has 0 aromatic carbocycles. The number of rotatable bonds is 7. The SMILES string of the molecule is CCCN(CCO)C(=O)NCCc1nc(C)c(C)s1. The minimum Gasteiger partial charge on any atom is -0.395 e. The van der Waals surface area contributed by atoms with Gasteiger partial charge >= 0.3 is 6.03 Å². The van der Waals surface area contributed by atoms with Gasteiger partial charge in [-0.05, 0) is 20.3 Å². The average molecular weight is 285 g/mol. The van der Waals surface area contributed by atoms with Crippen molar-refractivity contribution in [3.8, 4) is 0 Å². The van der Waals surface area contributed by atoms with Gasteiger partial charge in [-0.15, -0.1) is 11.3 Å². The summed E-state index contributed by atoms with van der Waals surface area (Å²) in [4.78, 5) is 19.2. The van der Waals surface area contributed by atoms with Gasteiger partial charge < -0.3 is 15.3 Å². The first-order valence-electron chi connectivity index (χ1n) is 6.65. The van der Waals surface area contributed by atoms with Gasteiger partial charge in [0.05, 0.1) is 17.3 Å². The number of aliphatic hydroxyl groups excluding tert-OH is 1. The van der Waals surface area contributed by atoms with Crippen molar-refractivity contribution in [1.82, 2.24) is 15.2 Å². The molecule has 6 heteroatoms. The Balaban J connectivity index is 2.36. The second-order valence-corrected chi connectivity index (χ2v) is 5.73. The summed E-state index contributed by atoms with van der Waals surface area (Å²) in [6, 6.07) is -0.110. The van der Waals surface area contributed by atoms with E-state index in [0.717, 1.165) is 23.5 Å². The van der Waals surface area contributed by atoms with Crippen LogP contribution in [0, 0.1) is 13.8 Å². The highest BCUT2D eigenvalue weighted by Crippen LogP contribution is 2.16. The van der Waals surface area contributed by atoms with E-state index in [2.05, 4.69) is 17.2 Å². The van der Waals surface area contributed by atoms with Crippen molar-refractivity contribution in [3.63, 3.8) is 0 Å². The van der Waals surface area contributed by atoms with Crippen LogP contribution in [-0.2, 0) is 6.42 Å². The zero-order valence-corrected chi connectivity index (χ0v) is 12.7. The van der Waals surface area contributed by atoms with E-state index < -0.39 is 0 Å². The molecule has 1 heterocycles. The van der Waals surface area contributed by atoms with Crippen LogP contribution in [0.15, 0.2) is 0 Å². The number of hydrogen-bond acceptors (Lipinski definition) is 4. The monoisotopic (exact) mass is 285 g/mol. The summed E-state index contributed by atoms with van der Waals surface area (Å²) in [6.07, 6.45) is 1.64. The quantitative estimate of drug-likeness (QED) is 0.801. The van der Waals surface area contributed by atoms with Crippen LogP contribution in [-0.4, -0.2) is 47.3 Å². The predicted molar refractivity (Wildman–Crippen MR) is 77.6 cm³/mol. The van der Waals surface area contributed by atoms with E-state index in [0.29, 0.717) is 19.6 Å². The first-order valence-corrected chi connectivity index (χ1v) is 7.46. The van der Waals surface area contributed by atoms with Crippen molar-refractivity contribution in [2.24, 2.45) is 0 Å². The van der Waals surface area contributed by atoms with Gasteiger partial charge in [0.2, 0.25) is 0 Å². The zero-order valence-electron chi connectivity index (χ0n) is 11.9. The summed E-state index contributed by atoms with van der Waals surface area (Å²) in [6.45, 7) is 7.70. The highest BCUT2D eigenvalue weighted by Gasteiger charge is 2.11. The van der Waals surface area contributed by atoms with Gasteiger partial charge in [-0.3, -0.25) is 0 Å². The Bertz CT molecular complexity index is 381. The Labute approximate surface area is 118 Å². The first-order chi connectivity index (χ1) is 9.08. The van der Waals surface area contributed by atoms with Crippen LogP contribution in [0.1, 0.15) is 28.9 Å². The van der Waals surface area contributed by atoms with Crippen molar-refractivity contribution in [2.45, 2.75) is 33.6 Å². The number of urea groups is 1. The Kier molecular flexibility index (Phi) is 6.80. The molecule has 0 aliphatic rings. The lowest BCUT2D eigenvalue weighted by Gasteiger charge is -2.21. The fourth-order valence-corrected chi connectivity index (χ4v) is 2.67. The molecule has 0 bridgehead atoms. The normalized spacial score (nSPS) is 10.5. The molecule has 2 N–H and O–H groups in total. The maximum atomic E-state index is 11.9. The molecule has 0 atom stereocenters. The van der Waals surface area contributed by atoms with E-state index in [1.165, 1.54) is 4.88 Å². The van der Waals surface area contributed by atoms with Gasteiger partial charge in [0.25, 0.3) is 0 Å². The molecular formula is C13H23N3O2S. The molecule has 5 nitrogen and oxygen atoms in total. The summed E-state index contributed by atoms with van der Waals surface area (Å²) >= 11 is 1.68. The maximum Gasteiger partial charge on any atom is 0.317 e. The van der Waals surface area contributed by atoms with E-state index >= 15 is 0 Å². The molecule has 0 saturated heterocycles. The number of aliphatic hydroxyl groups is 1. The third kappa shape index (κ3) is 5.16. The summed E-state index contributed by atoms with van der Waals surface area (Å²) in [5, 5.41) is 12.8. The summed E-state index contributed by atoms with van der Waals surface area (Å²) < 4.78 is 0. The van der Waals surface area contributed by atoms with Gasteiger partial charge in [-0.2, -0.15) is 0 Å². The lowest BCUT2D eigenvalue weighted by Crippen LogP contribution is -2.42. The predicted octanol–water partition coefficient (Wildman–Crippen LogP) is 1.72. The molecule has 2 amide bonds. The third-order valence-corrected chi connectivity index (χ3v) is 3.97. The molecule has 0 aliphatic heterocycles. The summed E-state index contributed by atoms with van der Waals surface area (Å²) in [7, 11) is 0. The van der Waals surface area contributed by atoms with E-state index in [4.69, 9.17) is 5.11 Å². The van der Waals surface area contributed by atoms with E-state index in [1.807, 2.05) is 13.8 Å². The topological polar surface area (TPSA) is 65.5 Å². The minimum atomic E-state index is -0.110. The van der Waals surface area contributed by atoms with Gasteiger partial charge in [-0.25, -0.2) is 9.78 Å². The van der Waals surface area contributed by atoms with E-state index in [9.17, 15) is 4.79 Å². The Morgan fingerprint density at radius 1 is 1.42 bits per heavy atom. The second-order valence-electron chi connectivity index (χ2n) is 4.44. The average Bonchev–Trinajstić information content (AvgIpc) is 2.68. The molecule has 0 unspecified atom stereocenters. The molecule has 1 aromatic rings. The summed E-state index contributed by atoms with van der Waals surface area (Å²) in [5.41, 5.74) is 1.07. The molecular weight excluding hydrogens is 262 g/mol. The van der Waals surface area contributed by atoms with E-state index in [1.54, 1.807) is 16.2 Å². The molecule has 1 rings (SSSR count). The number of nitrogens with one attached hydrogen (secondary N) is 1. The third-order valence-electron chi connectivity index (χ3n) is 2.84. The highest BCUT2D eigenvalue weighted by atomic mass is 32.1. The van der Waals surface area contributed by atoms with Crippen LogP contribution in [0.4, 0.5) is 4.79 Å². The smallest absolute Gasteiger partial charge is 0.317 e. The molecule has 0 fully saturated rings. The molecule has 19 heavy (non-hydrogen) atoms. The standard InChI is InChI=1S/C13H23N3O2S/c1-4-7-16(8-9-17)13(18)14-6-5-12-15-10(2)11(3)19-12/h17H,4-9H2,1-3H3,(H,14,18). The Hall–Kier alpha value is -1.14. The Morgan fingerprint density at radius 3 is 2.68 bits per heavy atom. The van der Waals surface area contributed by atoms with Gasteiger partial charge in [0.1, 0.15) is 0 Å². The molecule has 0 radical (unpaired) electrons. The van der Waals surface area contributed by atoms with Crippen molar-refractivity contribution in [1.29, 1.82) is 0 Å². The fourth-order valence-electron chi connectivity index (χ4n) is 1.74. The Morgan fingerprint density at radius 2 is 2.16 bits per heavy atom. The number of aryl methyl sites for hydroxylation is 2. The first kappa shape index (κ1) is 15.9. The van der Waals surface area contributed by atoms with Crippen molar-refractivity contribution >= 4 is 17.4 Å². The molecule has 0 aliphatic carbocycles. The van der Waals surface area contributed by atoms with Gasteiger partial charge in [0.15, 0.2) is 0 Å². The van der Waals surface area contributed by atoms with Gasteiger partial charge in [-0.1, -0.05) is 6.92 Å². The number of thiazole rings is 1. The van der Waals surface area contributed by atoms with Gasteiger partial charge in [0, 0.05) is 30.9 Å². The molecule has 0 spiro atoms. The molecule has 108 valence electrons. The highest BCUT2D eigenvalue weighted by molar-refractivity contribution is 7.11. The number of aromatic nitrogens is 1. The number of carbonyl (C=O) groups excluding carboxylic acids is 1. The van der Waals surface area contributed by atoms with Crippen LogP contribution < -0.4 is 5.32 Å². The maximum absolute atomic E-state index is 11.9. The van der Waals surface area contributed by atoms with Crippen LogP contribution in [0.25, 0.3) is 0 Å². The second kappa shape index (κ2) is 8.12. The van der Waals surface area contributed by atoms with Crippen molar-refractivity contribution in [2.75, 3.05) is 26.2 Å². The fraction of sp³-hybridized carbons (Fsp3) is 0.692. The van der Waals surface area contributed by atoms with Crippen LogP contribution >= 0.6 is 11.3 Å². The van der Waals surface area contributed by atoms with Crippen LogP contribution in [0.3, 0.4) is 0 Å². The van der Waals surface area contributed by atoms with Crippen molar-refractivity contribution < 1.29 is 9.90 Å². The number of amides is 2. The number of carbonyl (C=O) groups is 1. The minimum absolute atomic E-state index is 0.00170. The molecule has 0 saturated carbocycles. The number of nitrogens with zero attached hydrogens (tertiary/aromatic N) is 2. The van der Waals surface area contributed by atoms with E-state index in [-0.39, 0.29) is 12.6 Å². The van der Waals surface area contributed by atoms with Crippen LogP contribution in [0.5, 0.6) is 0 Å². The lowest BCUT2D eigenvalue weighted by molar-refractivity contribution is 0.177. The van der Waals surface area contributed by atoms with Crippen molar-refractivity contribution in [3.05, 3.63) is 15.6 Å². The largest absolute Gasteiger partial charge is 0.395 e. The lowest BCUT2D eigenvalue weighted by atomic mass is 10.4. The molecule has 1 aromatic heterocycles. The van der Waals surface area contributed by atoms with Crippen LogP contribution in [0.2, 0.25) is 0 Å². The summed E-state index contributed by atoms with van der Waals surface area (Å²) in [5.74, 6) is 0.